The van der Waals surface area contributed by atoms with Gasteiger partial charge in [-0.2, -0.15) is 0 Å². The van der Waals surface area contributed by atoms with Crippen LogP contribution in [0.3, 0.4) is 0 Å². The topological polar surface area (TPSA) is 56.5 Å². The Labute approximate surface area is 133 Å². The largest absolute Gasteiger partial charge is 0.271 e. The number of aryl methyl sites for hydroxylation is 2. The summed E-state index contributed by atoms with van der Waals surface area (Å²) in [4.78, 5) is 17.0. The van der Waals surface area contributed by atoms with Crippen molar-refractivity contribution in [2.75, 3.05) is 0 Å². The smallest absolute Gasteiger partial charge is 0.235 e. The molecule has 0 bridgehead atoms. The van der Waals surface area contributed by atoms with Crippen molar-refractivity contribution in [1.29, 1.82) is 0 Å². The van der Waals surface area contributed by atoms with Crippen LogP contribution in [0.2, 0.25) is 5.15 Å². The van der Waals surface area contributed by atoms with E-state index < -0.39 is 0 Å². The Morgan fingerprint density at radius 3 is 2.64 bits per heavy atom. The molecular formula is C16H12ClN5. The van der Waals surface area contributed by atoms with Gasteiger partial charge in [-0.3, -0.25) is 4.57 Å². The third-order valence-electron chi connectivity index (χ3n) is 2.94. The van der Waals surface area contributed by atoms with Crippen molar-refractivity contribution in [3.63, 3.8) is 0 Å². The molecule has 108 valence electrons. The highest BCUT2D eigenvalue weighted by molar-refractivity contribution is 6.29. The highest BCUT2D eigenvalue weighted by Gasteiger charge is 2.06. The third-order valence-corrected chi connectivity index (χ3v) is 3.15. The van der Waals surface area contributed by atoms with Crippen LogP contribution in [-0.4, -0.2) is 24.5 Å². The molecule has 0 saturated heterocycles. The minimum Gasteiger partial charge on any atom is -0.271 e. The first kappa shape index (κ1) is 14.2. The summed E-state index contributed by atoms with van der Waals surface area (Å²) in [6.07, 6.45) is 5.16. The van der Waals surface area contributed by atoms with Gasteiger partial charge in [0.1, 0.15) is 16.7 Å². The Morgan fingerprint density at radius 1 is 1.05 bits per heavy atom. The maximum absolute atomic E-state index is 5.84. The van der Waals surface area contributed by atoms with Gasteiger partial charge >= 0.3 is 0 Å². The Balaban J connectivity index is 1.93. The van der Waals surface area contributed by atoms with Crippen LogP contribution >= 0.6 is 11.6 Å². The highest BCUT2D eigenvalue weighted by Crippen LogP contribution is 2.09. The van der Waals surface area contributed by atoms with E-state index in [0.717, 1.165) is 17.1 Å². The van der Waals surface area contributed by atoms with E-state index >= 15 is 0 Å². The van der Waals surface area contributed by atoms with E-state index in [0.29, 0.717) is 16.8 Å². The molecule has 0 aliphatic rings. The summed E-state index contributed by atoms with van der Waals surface area (Å²) >= 11 is 5.84. The van der Waals surface area contributed by atoms with Crippen LogP contribution in [-0.2, 0) is 0 Å². The number of halogens is 1. The molecule has 0 atom stereocenters. The molecule has 0 aliphatic heterocycles. The van der Waals surface area contributed by atoms with Crippen molar-refractivity contribution in [1.82, 2.24) is 24.5 Å². The van der Waals surface area contributed by atoms with E-state index in [9.17, 15) is 0 Å². The van der Waals surface area contributed by atoms with Crippen molar-refractivity contribution in [2.45, 2.75) is 13.8 Å². The normalized spacial score (nSPS) is 10.1. The van der Waals surface area contributed by atoms with E-state index in [1.54, 1.807) is 24.5 Å². The molecule has 3 heterocycles. The fraction of sp³-hybridized carbons (Fsp3) is 0.125. The number of imidazole rings is 1. The standard InChI is InChI=1S/C16H12ClN5/c1-11-5-7-19-16(20-11)22-10-14(21-12(22)2)4-3-13-6-8-18-15(17)9-13/h5-10H,1-2H3. The fourth-order valence-electron chi connectivity index (χ4n) is 1.90. The summed E-state index contributed by atoms with van der Waals surface area (Å²) in [5, 5.41) is 0.418. The SMILES string of the molecule is Cc1ccnc(-n2cc(C#Cc3ccnc(Cl)c3)nc2C)n1. The summed E-state index contributed by atoms with van der Waals surface area (Å²) in [5.74, 6) is 7.39. The first-order valence-electron chi connectivity index (χ1n) is 6.61. The number of aromatic nitrogens is 5. The molecular weight excluding hydrogens is 298 g/mol. The van der Waals surface area contributed by atoms with Crippen LogP contribution in [0.15, 0.2) is 36.8 Å². The van der Waals surface area contributed by atoms with E-state index in [1.165, 1.54) is 0 Å². The predicted octanol–water partition coefficient (Wildman–Crippen LogP) is 2.73. The first-order chi connectivity index (χ1) is 10.6. The molecule has 0 amide bonds. The van der Waals surface area contributed by atoms with Crippen LogP contribution in [0.25, 0.3) is 5.95 Å². The van der Waals surface area contributed by atoms with Crippen molar-refractivity contribution in [2.24, 2.45) is 0 Å². The van der Waals surface area contributed by atoms with Gasteiger partial charge in [0.15, 0.2) is 0 Å². The molecule has 0 fully saturated rings. The van der Waals surface area contributed by atoms with Gasteiger partial charge in [0, 0.05) is 29.8 Å². The number of hydrogen-bond donors (Lipinski definition) is 0. The van der Waals surface area contributed by atoms with Gasteiger partial charge in [-0.15, -0.1) is 0 Å². The molecule has 0 spiro atoms. The first-order valence-corrected chi connectivity index (χ1v) is 6.99. The number of hydrogen-bond acceptors (Lipinski definition) is 4. The lowest BCUT2D eigenvalue weighted by Crippen LogP contribution is -2.02. The van der Waals surface area contributed by atoms with Crippen molar-refractivity contribution in [3.05, 3.63) is 64.7 Å². The Kier molecular flexibility index (Phi) is 3.86. The summed E-state index contributed by atoms with van der Waals surface area (Å²) < 4.78 is 1.82. The molecule has 3 rings (SSSR count). The minimum atomic E-state index is 0.418. The molecule has 0 N–H and O–H groups in total. The van der Waals surface area contributed by atoms with Gasteiger partial charge < -0.3 is 0 Å². The molecule has 0 radical (unpaired) electrons. The molecule has 0 unspecified atom stereocenters. The van der Waals surface area contributed by atoms with Crippen LogP contribution in [0.4, 0.5) is 0 Å². The molecule has 0 aromatic carbocycles. The number of pyridine rings is 1. The van der Waals surface area contributed by atoms with Crippen LogP contribution in [0.1, 0.15) is 22.8 Å². The zero-order chi connectivity index (χ0) is 15.5. The molecule has 3 aromatic rings. The van der Waals surface area contributed by atoms with Gasteiger partial charge in [0.2, 0.25) is 5.95 Å². The van der Waals surface area contributed by atoms with Crippen LogP contribution < -0.4 is 0 Å². The summed E-state index contributed by atoms with van der Waals surface area (Å²) in [6, 6.07) is 5.36. The second-order valence-electron chi connectivity index (χ2n) is 4.66. The Morgan fingerprint density at radius 2 is 1.86 bits per heavy atom. The highest BCUT2D eigenvalue weighted by atomic mass is 35.5. The molecule has 22 heavy (non-hydrogen) atoms. The molecule has 0 saturated carbocycles. The minimum absolute atomic E-state index is 0.418. The van der Waals surface area contributed by atoms with Gasteiger partial charge in [-0.1, -0.05) is 17.5 Å². The average Bonchev–Trinajstić information content (AvgIpc) is 2.86. The monoisotopic (exact) mass is 309 g/mol. The number of rotatable bonds is 1. The van der Waals surface area contributed by atoms with Crippen molar-refractivity contribution >= 4 is 11.6 Å². The van der Waals surface area contributed by atoms with Crippen molar-refractivity contribution in [3.8, 4) is 17.8 Å². The van der Waals surface area contributed by atoms with E-state index in [1.807, 2.05) is 30.7 Å². The second kappa shape index (κ2) is 5.96. The predicted molar refractivity (Wildman–Crippen MR) is 83.9 cm³/mol. The molecule has 3 aromatic heterocycles. The maximum Gasteiger partial charge on any atom is 0.235 e. The average molecular weight is 310 g/mol. The maximum atomic E-state index is 5.84. The Hall–Kier alpha value is -2.71. The Bertz CT molecular complexity index is 889. The summed E-state index contributed by atoms with van der Waals surface area (Å²) in [7, 11) is 0. The van der Waals surface area contributed by atoms with Crippen LogP contribution in [0.5, 0.6) is 0 Å². The summed E-state index contributed by atoms with van der Waals surface area (Å²) in [5.41, 5.74) is 2.34. The lowest BCUT2D eigenvalue weighted by atomic mass is 10.3. The van der Waals surface area contributed by atoms with Gasteiger partial charge in [0.25, 0.3) is 0 Å². The fourth-order valence-corrected chi connectivity index (χ4v) is 2.08. The van der Waals surface area contributed by atoms with Gasteiger partial charge in [-0.25, -0.2) is 19.9 Å². The molecule has 6 heteroatoms. The van der Waals surface area contributed by atoms with Gasteiger partial charge in [-0.05, 0) is 38.0 Å². The van der Waals surface area contributed by atoms with E-state index in [-0.39, 0.29) is 0 Å². The second-order valence-corrected chi connectivity index (χ2v) is 5.05. The molecule has 5 nitrogen and oxygen atoms in total. The van der Waals surface area contributed by atoms with Crippen LogP contribution in [0, 0.1) is 25.7 Å². The van der Waals surface area contributed by atoms with E-state index in [2.05, 4.69) is 31.8 Å². The van der Waals surface area contributed by atoms with Gasteiger partial charge in [0.05, 0.1) is 0 Å². The van der Waals surface area contributed by atoms with E-state index in [4.69, 9.17) is 11.6 Å². The number of nitrogens with zero attached hydrogens (tertiary/aromatic N) is 5. The zero-order valence-electron chi connectivity index (χ0n) is 12.1. The molecule has 0 aliphatic carbocycles. The zero-order valence-corrected chi connectivity index (χ0v) is 12.8. The third kappa shape index (κ3) is 3.13. The quantitative estimate of drug-likeness (QED) is 0.512. The lowest BCUT2D eigenvalue weighted by molar-refractivity contribution is 0.871. The summed E-state index contributed by atoms with van der Waals surface area (Å²) in [6.45, 7) is 3.81. The lowest BCUT2D eigenvalue weighted by Gasteiger charge is -2.02. The van der Waals surface area contributed by atoms with Crippen molar-refractivity contribution < 1.29 is 0 Å².